The van der Waals surface area contributed by atoms with Crippen LogP contribution in [-0.4, -0.2) is 50.2 Å². The van der Waals surface area contributed by atoms with Crippen LogP contribution in [-0.2, 0) is 9.53 Å². The van der Waals surface area contributed by atoms with Crippen LogP contribution >= 0.6 is 0 Å². The molecule has 0 aliphatic heterocycles. The van der Waals surface area contributed by atoms with E-state index in [-0.39, 0.29) is 18.2 Å². The number of carbonyl (C=O) groups excluding carboxylic acids is 2. The van der Waals surface area contributed by atoms with Crippen LogP contribution in [0.3, 0.4) is 0 Å². The smallest absolute Gasteiger partial charge is 0.354 e. The van der Waals surface area contributed by atoms with Crippen molar-refractivity contribution in [2.45, 2.75) is 19.8 Å². The molecule has 0 radical (unpaired) electrons. The lowest BCUT2D eigenvalue weighted by molar-refractivity contribution is -0.138. The summed E-state index contributed by atoms with van der Waals surface area (Å²) < 4.78 is 5.01. The van der Waals surface area contributed by atoms with E-state index in [2.05, 4.69) is 4.99 Å². The van der Waals surface area contributed by atoms with E-state index in [9.17, 15) is 9.59 Å². The fourth-order valence-electron chi connectivity index (χ4n) is 2.81. The highest BCUT2D eigenvalue weighted by molar-refractivity contribution is 6.11. The highest BCUT2D eigenvalue weighted by Gasteiger charge is 2.21. The predicted octanol–water partition coefficient (Wildman–Crippen LogP) is 2.41. The molecule has 0 spiro atoms. The summed E-state index contributed by atoms with van der Waals surface area (Å²) in [5, 5.41) is 0. The third kappa shape index (κ3) is 4.20. The van der Waals surface area contributed by atoms with Crippen molar-refractivity contribution in [3.8, 4) is 0 Å². The van der Waals surface area contributed by atoms with Gasteiger partial charge in [-0.2, -0.15) is 0 Å². The van der Waals surface area contributed by atoms with Gasteiger partial charge < -0.3 is 15.4 Å². The lowest BCUT2D eigenvalue weighted by Gasteiger charge is -2.19. The van der Waals surface area contributed by atoms with Crippen LogP contribution in [0.1, 0.15) is 35.7 Å². The van der Waals surface area contributed by atoms with Gasteiger partial charge in [0, 0.05) is 38.0 Å². The summed E-state index contributed by atoms with van der Waals surface area (Å²) in [5.74, 6) is -0.574. The molecule has 0 unspecified atom stereocenters. The van der Waals surface area contributed by atoms with Crippen LogP contribution in [0.5, 0.6) is 0 Å². The van der Waals surface area contributed by atoms with Crippen molar-refractivity contribution in [2.24, 2.45) is 10.7 Å². The van der Waals surface area contributed by atoms with E-state index in [0.29, 0.717) is 17.6 Å². The van der Waals surface area contributed by atoms with Crippen LogP contribution in [0.2, 0.25) is 0 Å². The van der Waals surface area contributed by atoms with Crippen LogP contribution < -0.4 is 5.73 Å². The minimum atomic E-state index is -0.534. The second-order valence-electron chi connectivity index (χ2n) is 6.16. The number of amides is 1. The van der Waals surface area contributed by atoms with E-state index in [1.165, 1.54) is 0 Å². The first-order valence-electron chi connectivity index (χ1n) is 8.54. The number of rotatable bonds is 4. The van der Waals surface area contributed by atoms with Crippen molar-refractivity contribution in [1.82, 2.24) is 4.90 Å². The molecule has 2 rings (SSSR count). The number of hydrogen-bond donors (Lipinski definition) is 1. The van der Waals surface area contributed by atoms with Gasteiger partial charge >= 0.3 is 5.97 Å². The molecule has 0 atom stereocenters. The molecule has 1 aromatic rings. The number of ether oxygens (including phenoxy) is 1. The molecule has 0 saturated heterocycles. The van der Waals surface area contributed by atoms with E-state index in [1.807, 2.05) is 18.2 Å². The molecule has 0 aromatic heterocycles. The van der Waals surface area contributed by atoms with Gasteiger partial charge in [0.05, 0.1) is 6.61 Å². The van der Waals surface area contributed by atoms with Gasteiger partial charge in [-0.1, -0.05) is 12.1 Å². The zero-order chi connectivity index (χ0) is 19.3. The molecule has 1 aliphatic carbocycles. The minimum absolute atomic E-state index is 0.0401. The van der Waals surface area contributed by atoms with Crippen LogP contribution in [0.25, 0.3) is 5.57 Å². The molecule has 6 heteroatoms. The average Bonchev–Trinajstić information content (AvgIpc) is 2.66. The van der Waals surface area contributed by atoms with Crippen LogP contribution in [0, 0.1) is 0 Å². The first kappa shape index (κ1) is 19.4. The molecule has 1 aromatic carbocycles. The van der Waals surface area contributed by atoms with E-state index >= 15 is 0 Å². The normalized spacial score (nSPS) is 17.5. The number of nitrogens with zero attached hydrogens (tertiary/aromatic N) is 2. The van der Waals surface area contributed by atoms with Crippen molar-refractivity contribution in [3.63, 3.8) is 0 Å². The highest BCUT2D eigenvalue weighted by Crippen LogP contribution is 2.29. The van der Waals surface area contributed by atoms with Gasteiger partial charge in [0.1, 0.15) is 5.70 Å². The number of benzene rings is 1. The Kier molecular flexibility index (Phi) is 6.33. The highest BCUT2D eigenvalue weighted by atomic mass is 16.5. The minimum Gasteiger partial charge on any atom is -0.461 e. The maximum Gasteiger partial charge on any atom is 0.354 e. The maximum atomic E-state index is 12.0. The Morgan fingerprint density at radius 1 is 1.19 bits per heavy atom. The topological polar surface area (TPSA) is 85.0 Å². The SMILES string of the molecule is CCOC(=O)/C(N)=C1\C=C(c2ccc(C(=O)N(C)C)cc2)CCC1=NC. The Labute approximate surface area is 154 Å². The Morgan fingerprint density at radius 2 is 1.85 bits per heavy atom. The Hall–Kier alpha value is -2.89. The standard InChI is InChI=1S/C20H25N3O3/c1-5-26-20(25)18(21)16-12-15(10-11-17(16)22-2)13-6-8-14(9-7-13)19(24)23(3)4/h6-9,12H,5,10-11,21H2,1-4H3/b18-16-,22-17?. The number of allylic oxidation sites excluding steroid dienone is 3. The molecule has 2 N–H and O–H groups in total. The monoisotopic (exact) mass is 355 g/mol. The Balaban J connectivity index is 2.39. The summed E-state index contributed by atoms with van der Waals surface area (Å²) in [5.41, 5.74) is 10.2. The molecule has 1 amide bonds. The molecule has 0 fully saturated rings. The van der Waals surface area contributed by atoms with E-state index in [1.54, 1.807) is 45.1 Å². The zero-order valence-corrected chi connectivity index (χ0v) is 15.7. The summed E-state index contributed by atoms with van der Waals surface area (Å²) in [4.78, 5) is 29.8. The number of esters is 1. The number of nitrogens with two attached hydrogens (primary N) is 1. The number of carbonyl (C=O) groups is 2. The lowest BCUT2D eigenvalue weighted by Crippen LogP contribution is -2.22. The molecule has 26 heavy (non-hydrogen) atoms. The molecule has 1 aliphatic rings. The zero-order valence-electron chi connectivity index (χ0n) is 15.7. The first-order chi connectivity index (χ1) is 12.4. The van der Waals surface area contributed by atoms with Crippen molar-refractivity contribution >= 4 is 23.2 Å². The van der Waals surface area contributed by atoms with Crippen LogP contribution in [0.15, 0.2) is 46.6 Å². The number of aliphatic imine (C=N–C) groups is 1. The quantitative estimate of drug-likeness (QED) is 0.664. The summed E-state index contributed by atoms with van der Waals surface area (Å²) in [6.07, 6.45) is 3.37. The third-order valence-electron chi connectivity index (χ3n) is 4.22. The Morgan fingerprint density at radius 3 is 2.38 bits per heavy atom. The van der Waals surface area contributed by atoms with Crippen molar-refractivity contribution in [3.05, 3.63) is 52.7 Å². The van der Waals surface area contributed by atoms with Gasteiger partial charge in [0.15, 0.2) is 0 Å². The van der Waals surface area contributed by atoms with Gasteiger partial charge in [-0.05, 0) is 49.1 Å². The third-order valence-corrected chi connectivity index (χ3v) is 4.22. The molecule has 6 nitrogen and oxygen atoms in total. The van der Waals surface area contributed by atoms with Gasteiger partial charge in [-0.25, -0.2) is 4.79 Å². The second-order valence-corrected chi connectivity index (χ2v) is 6.16. The Bertz CT molecular complexity index is 787. The molecular formula is C20H25N3O3. The largest absolute Gasteiger partial charge is 0.461 e. The van der Waals surface area contributed by atoms with Gasteiger partial charge in [0.25, 0.3) is 5.91 Å². The summed E-state index contributed by atoms with van der Waals surface area (Å²) >= 11 is 0. The molecule has 0 saturated carbocycles. The van der Waals surface area contributed by atoms with Gasteiger partial charge in [-0.15, -0.1) is 0 Å². The predicted molar refractivity (Wildman–Crippen MR) is 103 cm³/mol. The van der Waals surface area contributed by atoms with Gasteiger partial charge in [0.2, 0.25) is 0 Å². The molecule has 0 heterocycles. The number of hydrogen-bond acceptors (Lipinski definition) is 5. The van der Waals surface area contributed by atoms with Crippen molar-refractivity contribution in [1.29, 1.82) is 0 Å². The molecule has 138 valence electrons. The van der Waals surface area contributed by atoms with Crippen molar-refractivity contribution in [2.75, 3.05) is 27.7 Å². The second kappa shape index (κ2) is 8.47. The lowest BCUT2D eigenvalue weighted by atomic mass is 9.88. The van der Waals surface area contributed by atoms with E-state index < -0.39 is 5.97 Å². The summed E-state index contributed by atoms with van der Waals surface area (Å²) in [7, 11) is 5.13. The first-order valence-corrected chi connectivity index (χ1v) is 8.54. The maximum absolute atomic E-state index is 12.0. The fourth-order valence-corrected chi connectivity index (χ4v) is 2.81. The molecule has 0 bridgehead atoms. The van der Waals surface area contributed by atoms with E-state index in [0.717, 1.165) is 23.3 Å². The van der Waals surface area contributed by atoms with Crippen molar-refractivity contribution < 1.29 is 14.3 Å². The van der Waals surface area contributed by atoms with Gasteiger partial charge in [-0.3, -0.25) is 9.79 Å². The molecular weight excluding hydrogens is 330 g/mol. The van der Waals surface area contributed by atoms with E-state index in [4.69, 9.17) is 10.5 Å². The fraction of sp³-hybridized carbons (Fsp3) is 0.350. The summed E-state index contributed by atoms with van der Waals surface area (Å²) in [6, 6.07) is 7.43. The van der Waals surface area contributed by atoms with Crippen LogP contribution in [0.4, 0.5) is 0 Å². The average molecular weight is 355 g/mol. The summed E-state index contributed by atoms with van der Waals surface area (Å²) in [6.45, 7) is 2.01.